The summed E-state index contributed by atoms with van der Waals surface area (Å²) in [5, 5.41) is 0.541. The third-order valence-electron chi connectivity index (χ3n) is 4.82. The number of rotatable bonds is 2. The maximum atomic E-state index is 13.0. The zero-order valence-electron chi connectivity index (χ0n) is 14.6. The zero-order valence-corrected chi connectivity index (χ0v) is 14.6. The second-order valence-corrected chi connectivity index (χ2v) is 6.57. The first-order chi connectivity index (χ1) is 12.6. The summed E-state index contributed by atoms with van der Waals surface area (Å²) in [5.41, 5.74) is 1.63. The van der Waals surface area contributed by atoms with Crippen LogP contribution in [0, 0.1) is 0 Å². The molecular formula is C20H20N4O2. The van der Waals surface area contributed by atoms with Gasteiger partial charge in [0.05, 0.1) is 16.5 Å². The molecule has 4 rings (SSSR count). The molecule has 0 radical (unpaired) electrons. The Hall–Kier alpha value is -2.99. The number of fused-ring (bicyclic) bond motifs is 1. The predicted octanol–water partition coefficient (Wildman–Crippen LogP) is 1.98. The van der Waals surface area contributed by atoms with E-state index in [-0.39, 0.29) is 11.5 Å². The van der Waals surface area contributed by atoms with Crippen molar-refractivity contribution < 1.29 is 4.79 Å². The maximum Gasteiger partial charge on any atom is 0.259 e. The first-order valence-corrected chi connectivity index (χ1v) is 8.70. The van der Waals surface area contributed by atoms with Crippen LogP contribution in [-0.2, 0) is 0 Å². The van der Waals surface area contributed by atoms with Crippen LogP contribution in [0.25, 0.3) is 22.3 Å². The largest absolute Gasteiger partial charge is 0.336 e. The molecule has 6 nitrogen and oxygen atoms in total. The Labute approximate surface area is 151 Å². The zero-order chi connectivity index (χ0) is 18.1. The summed E-state index contributed by atoms with van der Waals surface area (Å²) in [5.74, 6) is 0.399. The Morgan fingerprint density at radius 1 is 1.00 bits per heavy atom. The molecule has 0 spiro atoms. The van der Waals surface area contributed by atoms with Crippen LogP contribution in [0.3, 0.4) is 0 Å². The quantitative estimate of drug-likeness (QED) is 0.769. The number of aromatic amines is 1. The van der Waals surface area contributed by atoms with Gasteiger partial charge in [-0.15, -0.1) is 0 Å². The van der Waals surface area contributed by atoms with Gasteiger partial charge in [-0.1, -0.05) is 30.3 Å². The Morgan fingerprint density at radius 3 is 2.50 bits per heavy atom. The highest BCUT2D eigenvalue weighted by Crippen LogP contribution is 2.22. The predicted molar refractivity (Wildman–Crippen MR) is 101 cm³/mol. The molecule has 3 aromatic rings. The monoisotopic (exact) mass is 348 g/mol. The van der Waals surface area contributed by atoms with Crippen molar-refractivity contribution in [3.8, 4) is 11.4 Å². The first kappa shape index (κ1) is 16.5. The molecule has 0 aliphatic carbocycles. The lowest BCUT2D eigenvalue weighted by atomic mass is 10.0. The Morgan fingerprint density at radius 2 is 1.69 bits per heavy atom. The van der Waals surface area contributed by atoms with Crippen molar-refractivity contribution in [2.24, 2.45) is 0 Å². The number of carbonyl (C=O) groups excluding carboxylic acids is 1. The minimum absolute atomic E-state index is 0.0236. The number of para-hydroxylation sites is 1. The van der Waals surface area contributed by atoms with Gasteiger partial charge in [0.15, 0.2) is 0 Å². The van der Waals surface area contributed by atoms with Crippen LogP contribution in [0.4, 0.5) is 0 Å². The van der Waals surface area contributed by atoms with E-state index >= 15 is 0 Å². The number of H-pyrrole nitrogens is 1. The SMILES string of the molecule is CN1CCN(C(=O)c2ccccc2-c2nc3ccccc3c(=O)[nH]2)CC1. The van der Waals surface area contributed by atoms with E-state index in [9.17, 15) is 9.59 Å². The second kappa shape index (κ2) is 6.72. The molecule has 1 aliphatic rings. The van der Waals surface area contributed by atoms with E-state index in [4.69, 9.17) is 0 Å². The molecule has 2 heterocycles. The number of hydrogen-bond acceptors (Lipinski definition) is 4. The first-order valence-electron chi connectivity index (χ1n) is 8.70. The highest BCUT2D eigenvalue weighted by Gasteiger charge is 2.23. The molecule has 0 unspecified atom stereocenters. The van der Waals surface area contributed by atoms with Gasteiger partial charge in [0.1, 0.15) is 5.82 Å². The number of hydrogen-bond donors (Lipinski definition) is 1. The lowest BCUT2D eigenvalue weighted by Crippen LogP contribution is -2.47. The van der Waals surface area contributed by atoms with Crippen molar-refractivity contribution in [3.63, 3.8) is 0 Å². The molecule has 0 atom stereocenters. The molecular weight excluding hydrogens is 328 g/mol. The van der Waals surface area contributed by atoms with Crippen LogP contribution in [0.5, 0.6) is 0 Å². The van der Waals surface area contributed by atoms with Crippen molar-refractivity contribution in [1.82, 2.24) is 19.8 Å². The normalized spacial score (nSPS) is 15.3. The van der Waals surface area contributed by atoms with Crippen molar-refractivity contribution in [3.05, 3.63) is 64.4 Å². The summed E-state index contributed by atoms with van der Waals surface area (Å²) >= 11 is 0. The van der Waals surface area contributed by atoms with E-state index in [0.29, 0.717) is 40.9 Å². The average Bonchev–Trinajstić information content (AvgIpc) is 2.68. The molecule has 0 saturated carbocycles. The van der Waals surface area contributed by atoms with Crippen molar-refractivity contribution in [1.29, 1.82) is 0 Å². The van der Waals surface area contributed by atoms with Crippen LogP contribution in [0.1, 0.15) is 10.4 Å². The third kappa shape index (κ3) is 2.99. The van der Waals surface area contributed by atoms with Crippen LogP contribution < -0.4 is 5.56 Å². The topological polar surface area (TPSA) is 69.3 Å². The third-order valence-corrected chi connectivity index (χ3v) is 4.82. The van der Waals surface area contributed by atoms with Gasteiger partial charge in [-0.3, -0.25) is 9.59 Å². The standard InChI is InChI=1S/C20H20N4O2/c1-23-10-12-24(13-11-23)20(26)15-7-3-2-6-14(15)18-21-17-9-5-4-8-16(17)19(25)22-18/h2-9H,10-13H2,1H3,(H,21,22,25). The molecule has 1 amide bonds. The number of nitrogens with zero attached hydrogens (tertiary/aromatic N) is 3. The molecule has 1 N–H and O–H groups in total. The van der Waals surface area contributed by atoms with Gasteiger partial charge in [0.2, 0.25) is 0 Å². The molecule has 132 valence electrons. The summed E-state index contributed by atoms with van der Waals surface area (Å²) in [7, 11) is 2.06. The van der Waals surface area contributed by atoms with Gasteiger partial charge >= 0.3 is 0 Å². The number of carbonyl (C=O) groups is 1. The number of benzene rings is 2. The van der Waals surface area contributed by atoms with Crippen LogP contribution in [0.2, 0.25) is 0 Å². The smallest absolute Gasteiger partial charge is 0.259 e. The minimum atomic E-state index is -0.201. The Balaban J connectivity index is 1.77. The molecule has 1 saturated heterocycles. The lowest BCUT2D eigenvalue weighted by molar-refractivity contribution is 0.0665. The average molecular weight is 348 g/mol. The number of nitrogens with one attached hydrogen (secondary N) is 1. The Bertz CT molecular complexity index is 1020. The molecule has 2 aromatic carbocycles. The van der Waals surface area contributed by atoms with Gasteiger partial charge in [0, 0.05) is 31.7 Å². The van der Waals surface area contributed by atoms with Gasteiger partial charge in [-0.2, -0.15) is 0 Å². The fourth-order valence-corrected chi connectivity index (χ4v) is 3.27. The van der Waals surface area contributed by atoms with E-state index in [2.05, 4.69) is 21.9 Å². The number of aromatic nitrogens is 2. The van der Waals surface area contributed by atoms with E-state index in [1.807, 2.05) is 35.2 Å². The number of likely N-dealkylation sites (N-methyl/N-ethyl adjacent to an activating group) is 1. The fourth-order valence-electron chi connectivity index (χ4n) is 3.27. The minimum Gasteiger partial charge on any atom is -0.336 e. The van der Waals surface area contributed by atoms with E-state index in [0.717, 1.165) is 13.1 Å². The summed E-state index contributed by atoms with van der Waals surface area (Å²) in [6.45, 7) is 3.12. The molecule has 1 fully saturated rings. The summed E-state index contributed by atoms with van der Waals surface area (Å²) in [4.78, 5) is 36.9. The number of piperazine rings is 1. The van der Waals surface area contributed by atoms with Crippen LogP contribution in [0.15, 0.2) is 53.3 Å². The summed E-state index contributed by atoms with van der Waals surface area (Å²) < 4.78 is 0. The van der Waals surface area contributed by atoms with Gasteiger partial charge in [-0.25, -0.2) is 4.98 Å². The summed E-state index contributed by atoms with van der Waals surface area (Å²) in [6, 6.07) is 14.5. The van der Waals surface area contributed by atoms with E-state index < -0.39 is 0 Å². The van der Waals surface area contributed by atoms with Crippen LogP contribution >= 0.6 is 0 Å². The van der Waals surface area contributed by atoms with Crippen LogP contribution in [-0.4, -0.2) is 58.9 Å². The van der Waals surface area contributed by atoms with Gasteiger partial charge in [0.25, 0.3) is 11.5 Å². The molecule has 1 aromatic heterocycles. The van der Waals surface area contributed by atoms with E-state index in [1.165, 1.54) is 0 Å². The Kier molecular flexibility index (Phi) is 4.26. The van der Waals surface area contributed by atoms with Crippen molar-refractivity contribution in [2.75, 3.05) is 33.2 Å². The van der Waals surface area contributed by atoms with Crippen molar-refractivity contribution >= 4 is 16.8 Å². The fraction of sp³-hybridized carbons (Fsp3) is 0.250. The van der Waals surface area contributed by atoms with E-state index in [1.54, 1.807) is 18.2 Å². The molecule has 6 heteroatoms. The molecule has 26 heavy (non-hydrogen) atoms. The maximum absolute atomic E-state index is 13.0. The van der Waals surface area contributed by atoms with Gasteiger partial charge < -0.3 is 14.8 Å². The lowest BCUT2D eigenvalue weighted by Gasteiger charge is -2.32. The molecule has 1 aliphatic heterocycles. The molecule has 0 bridgehead atoms. The second-order valence-electron chi connectivity index (χ2n) is 6.57. The van der Waals surface area contributed by atoms with Gasteiger partial charge in [-0.05, 0) is 25.2 Å². The highest BCUT2D eigenvalue weighted by atomic mass is 16.2. The van der Waals surface area contributed by atoms with Crippen molar-refractivity contribution in [2.45, 2.75) is 0 Å². The summed E-state index contributed by atoms with van der Waals surface area (Å²) in [6.07, 6.45) is 0. The highest BCUT2D eigenvalue weighted by molar-refractivity contribution is 6.00. The number of amides is 1.